The third-order valence-electron chi connectivity index (χ3n) is 7.68. The standard InChI is InChI=1S/C30H48F5N5O5SSi/c1-19(45-20(2)30(33,34)35)25(38-46(42)28(3,4)5)26-37-22-11-10-21(14-23(22)40(26)18-44-12-13-47(7,8)9)24(15-43-6)39-17-29(31,32)16-36-27(39)41/h10-11,14,19-20,24-25,38H,12-13,15-18H2,1-9H3,(H,36,41)/t19-,20+,24-,25+,46?/m1/s1. The molecule has 1 aromatic heterocycles. The fraction of sp³-hybridized carbons (Fsp3) is 0.733. The number of nitrogens with zero attached hydrogens (tertiary/aromatic N) is 3. The number of methoxy groups -OCH3 is 1. The first kappa shape index (κ1) is 39.3. The van der Waals surface area contributed by atoms with Gasteiger partial charge in [0.25, 0.3) is 5.92 Å². The number of benzene rings is 1. The summed E-state index contributed by atoms with van der Waals surface area (Å²) < 4.78 is 103. The van der Waals surface area contributed by atoms with E-state index in [4.69, 9.17) is 19.2 Å². The number of carbonyl (C=O) groups is 1. The fourth-order valence-corrected chi connectivity index (χ4v) is 6.50. The highest BCUT2D eigenvalue weighted by Gasteiger charge is 2.43. The maximum Gasteiger partial charge on any atom is 0.414 e. The molecule has 2 N–H and O–H groups in total. The van der Waals surface area contributed by atoms with Crippen molar-refractivity contribution in [1.82, 2.24) is 24.5 Å². The Labute approximate surface area is 276 Å². The Kier molecular flexibility index (Phi) is 12.7. The van der Waals surface area contributed by atoms with Gasteiger partial charge in [0.1, 0.15) is 18.6 Å². The lowest BCUT2D eigenvalue weighted by molar-refractivity contribution is -0.227. The van der Waals surface area contributed by atoms with E-state index in [1.165, 1.54) is 14.0 Å². The summed E-state index contributed by atoms with van der Waals surface area (Å²) in [5.74, 6) is -2.94. The number of ether oxygens (including phenoxy) is 3. The Morgan fingerprint density at radius 2 is 1.83 bits per heavy atom. The third kappa shape index (κ3) is 10.7. The highest BCUT2D eigenvalue weighted by Crippen LogP contribution is 2.33. The second kappa shape index (κ2) is 15.1. The van der Waals surface area contributed by atoms with Crippen LogP contribution in [0.3, 0.4) is 0 Å². The van der Waals surface area contributed by atoms with E-state index >= 15 is 0 Å². The lowest BCUT2D eigenvalue weighted by atomic mass is 10.0. The molecule has 2 amide bonds. The summed E-state index contributed by atoms with van der Waals surface area (Å²) in [6.45, 7) is 12.8. The van der Waals surface area contributed by atoms with E-state index in [0.717, 1.165) is 17.9 Å². The molecule has 10 nitrogen and oxygen atoms in total. The molecule has 3 rings (SSSR count). The highest BCUT2D eigenvalue weighted by atomic mass is 32.2. The third-order valence-corrected chi connectivity index (χ3v) is 11.0. The molecule has 17 heteroatoms. The molecule has 1 unspecified atom stereocenters. The summed E-state index contributed by atoms with van der Waals surface area (Å²) in [4.78, 5) is 18.5. The normalized spacial score (nSPS) is 19.4. The van der Waals surface area contributed by atoms with Crippen molar-refractivity contribution in [3.63, 3.8) is 0 Å². The van der Waals surface area contributed by atoms with E-state index in [2.05, 4.69) is 29.7 Å². The van der Waals surface area contributed by atoms with Gasteiger partial charge in [0.15, 0.2) is 6.10 Å². The molecule has 1 saturated heterocycles. The molecule has 2 heterocycles. The molecule has 1 fully saturated rings. The van der Waals surface area contributed by atoms with Gasteiger partial charge >= 0.3 is 12.2 Å². The number of alkyl halides is 5. The van der Waals surface area contributed by atoms with Crippen LogP contribution >= 0.6 is 0 Å². The van der Waals surface area contributed by atoms with Crippen LogP contribution in [0.15, 0.2) is 18.2 Å². The van der Waals surface area contributed by atoms with Crippen LogP contribution < -0.4 is 10.0 Å². The van der Waals surface area contributed by atoms with Crippen LogP contribution in [0.4, 0.5) is 26.7 Å². The van der Waals surface area contributed by atoms with Crippen LogP contribution in [0.5, 0.6) is 0 Å². The summed E-state index contributed by atoms with van der Waals surface area (Å²) >= 11 is 0. The van der Waals surface area contributed by atoms with Crippen molar-refractivity contribution in [1.29, 1.82) is 0 Å². The van der Waals surface area contributed by atoms with Crippen molar-refractivity contribution < 1.29 is 45.2 Å². The second-order valence-corrected chi connectivity index (χ2v) is 21.7. The molecular formula is C30H48F5N5O5SSi. The minimum Gasteiger partial charge on any atom is -0.382 e. The molecular weight excluding hydrogens is 666 g/mol. The Hall–Kier alpha value is -2.18. The number of hydrogen-bond donors (Lipinski definition) is 2. The predicted octanol–water partition coefficient (Wildman–Crippen LogP) is 6.15. The molecule has 0 aliphatic carbocycles. The maximum absolute atomic E-state index is 14.4. The molecule has 1 aromatic carbocycles. The minimum atomic E-state index is -4.63. The Balaban J connectivity index is 2.17. The van der Waals surface area contributed by atoms with Crippen LogP contribution in [-0.2, 0) is 31.9 Å². The number of carbonyl (C=O) groups excluding carboxylic acids is 1. The van der Waals surface area contributed by atoms with Crippen LogP contribution in [0.1, 0.15) is 58.1 Å². The lowest BCUT2D eigenvalue weighted by Crippen LogP contribution is -2.58. The molecule has 5 atom stereocenters. The van der Waals surface area contributed by atoms with Gasteiger partial charge in [-0.3, -0.25) is 0 Å². The number of hydrogen-bond acceptors (Lipinski definition) is 6. The van der Waals surface area contributed by atoms with Crippen molar-refractivity contribution in [3.8, 4) is 0 Å². The SMILES string of the molecule is COC[C@H](c1ccc2nc([C@@H](NS(=O)C(C)(C)C)[C@@H](C)O[C@@H](C)C(F)(F)F)n(COCC[Si](C)(C)C)c2c1)N1CC(F)(F)CNC1=O. The molecule has 2 aromatic rings. The number of amides is 2. The van der Waals surface area contributed by atoms with Gasteiger partial charge in [0.2, 0.25) is 0 Å². The number of halogens is 5. The fourth-order valence-electron chi connectivity index (χ4n) is 4.86. The van der Waals surface area contributed by atoms with Crippen molar-refractivity contribution in [2.75, 3.05) is 33.4 Å². The van der Waals surface area contributed by atoms with Gasteiger partial charge in [-0.25, -0.2) is 27.5 Å². The Bertz CT molecular complexity index is 1400. The number of aromatic nitrogens is 2. The summed E-state index contributed by atoms with van der Waals surface area (Å²) in [7, 11) is -1.83. The van der Waals surface area contributed by atoms with E-state index in [-0.39, 0.29) is 19.2 Å². The van der Waals surface area contributed by atoms with E-state index in [0.29, 0.717) is 23.2 Å². The monoisotopic (exact) mass is 713 g/mol. The van der Waals surface area contributed by atoms with Gasteiger partial charge < -0.3 is 29.0 Å². The van der Waals surface area contributed by atoms with Gasteiger partial charge in [-0.1, -0.05) is 25.7 Å². The van der Waals surface area contributed by atoms with Crippen LogP contribution in [0.25, 0.3) is 11.0 Å². The van der Waals surface area contributed by atoms with Gasteiger partial charge in [-0.15, -0.1) is 0 Å². The Morgan fingerprint density at radius 1 is 1.17 bits per heavy atom. The molecule has 1 aliphatic rings. The summed E-state index contributed by atoms with van der Waals surface area (Å²) in [6.07, 6.45) is -7.91. The first-order valence-electron chi connectivity index (χ1n) is 15.4. The molecule has 0 saturated carbocycles. The number of urea groups is 1. The summed E-state index contributed by atoms with van der Waals surface area (Å²) in [6, 6.07) is 3.15. The van der Waals surface area contributed by atoms with Crippen molar-refractivity contribution in [2.24, 2.45) is 0 Å². The highest BCUT2D eigenvalue weighted by molar-refractivity contribution is 7.84. The zero-order chi connectivity index (χ0) is 35.5. The first-order valence-corrected chi connectivity index (χ1v) is 20.3. The Morgan fingerprint density at radius 3 is 2.40 bits per heavy atom. The maximum atomic E-state index is 14.4. The average molecular weight is 714 g/mol. The van der Waals surface area contributed by atoms with Crippen LogP contribution in [-0.4, -0.2) is 95.2 Å². The predicted molar refractivity (Wildman–Crippen MR) is 173 cm³/mol. The molecule has 1 aliphatic heterocycles. The zero-order valence-corrected chi connectivity index (χ0v) is 30.3. The number of nitrogens with one attached hydrogen (secondary N) is 2. The van der Waals surface area contributed by atoms with E-state index in [1.54, 1.807) is 43.5 Å². The zero-order valence-electron chi connectivity index (χ0n) is 28.5. The number of rotatable bonds is 15. The first-order chi connectivity index (χ1) is 21.5. The van der Waals surface area contributed by atoms with Gasteiger partial charge in [-0.05, 0) is 58.4 Å². The van der Waals surface area contributed by atoms with Crippen molar-refractivity contribution >= 4 is 36.1 Å². The number of imidazole rings is 1. The topological polar surface area (TPSA) is 107 Å². The largest absolute Gasteiger partial charge is 0.414 e. The minimum absolute atomic E-state index is 0.0567. The van der Waals surface area contributed by atoms with Gasteiger partial charge in [0, 0.05) is 21.8 Å². The molecule has 0 radical (unpaired) electrons. The second-order valence-electron chi connectivity index (χ2n) is 14.1. The van der Waals surface area contributed by atoms with Crippen LogP contribution in [0, 0.1) is 0 Å². The quantitative estimate of drug-likeness (QED) is 0.131. The van der Waals surface area contributed by atoms with E-state index in [9.17, 15) is 31.0 Å². The molecule has 47 heavy (non-hydrogen) atoms. The van der Waals surface area contributed by atoms with Gasteiger partial charge in [-0.2, -0.15) is 13.2 Å². The van der Waals surface area contributed by atoms with Gasteiger partial charge in [0.05, 0.1) is 58.6 Å². The van der Waals surface area contributed by atoms with Crippen molar-refractivity contribution in [2.45, 2.75) is 108 Å². The smallest absolute Gasteiger partial charge is 0.382 e. The van der Waals surface area contributed by atoms with Crippen LogP contribution in [0.2, 0.25) is 25.7 Å². The van der Waals surface area contributed by atoms with E-state index < -0.39 is 79.3 Å². The lowest BCUT2D eigenvalue weighted by Gasteiger charge is -2.38. The van der Waals surface area contributed by atoms with Crippen molar-refractivity contribution in [3.05, 3.63) is 29.6 Å². The summed E-state index contributed by atoms with van der Waals surface area (Å²) in [5, 5.41) is 2.23. The average Bonchev–Trinajstić information content (AvgIpc) is 3.29. The summed E-state index contributed by atoms with van der Waals surface area (Å²) in [5.41, 5.74) is 1.37. The molecule has 0 bridgehead atoms. The van der Waals surface area contributed by atoms with E-state index in [1.807, 2.05) is 0 Å². The molecule has 268 valence electrons. The number of fused-ring (bicyclic) bond motifs is 1. The molecule has 0 spiro atoms.